The molecular weight excluding hydrogens is 126 g/mol. The minimum atomic E-state index is 0.364. The molecule has 0 aromatic carbocycles. The van der Waals surface area contributed by atoms with Gasteiger partial charge in [0.2, 0.25) is 0 Å². The molecule has 2 nitrogen and oxygen atoms in total. The topological polar surface area (TPSA) is 23.5 Å². The number of aliphatic hydroxyl groups excluding tert-OH is 1. The number of likely N-dealkylation sites (tertiary alicyclic amines) is 1. The largest absolute Gasteiger partial charge is 0.396 e. The smallest absolute Gasteiger partial charge is 0.0474 e. The summed E-state index contributed by atoms with van der Waals surface area (Å²) >= 11 is 0. The van der Waals surface area contributed by atoms with Crippen LogP contribution < -0.4 is 0 Å². The summed E-state index contributed by atoms with van der Waals surface area (Å²) in [6.07, 6.45) is 1.20. The molecule has 10 heavy (non-hydrogen) atoms. The van der Waals surface area contributed by atoms with E-state index in [4.69, 9.17) is 5.11 Å². The second-order valence-corrected chi connectivity index (χ2v) is 3.33. The van der Waals surface area contributed by atoms with Gasteiger partial charge in [0.25, 0.3) is 0 Å². The molecule has 0 aliphatic carbocycles. The van der Waals surface area contributed by atoms with Crippen LogP contribution in [-0.2, 0) is 0 Å². The van der Waals surface area contributed by atoms with Crippen LogP contribution in [0.5, 0.6) is 0 Å². The van der Waals surface area contributed by atoms with Crippen molar-refractivity contribution in [2.45, 2.75) is 13.3 Å². The fourth-order valence-electron chi connectivity index (χ4n) is 1.84. The van der Waals surface area contributed by atoms with E-state index in [1.54, 1.807) is 0 Å². The van der Waals surface area contributed by atoms with Crippen molar-refractivity contribution < 1.29 is 5.11 Å². The molecule has 1 rings (SSSR count). The maximum Gasteiger partial charge on any atom is 0.0474 e. The minimum Gasteiger partial charge on any atom is -0.396 e. The number of hydrogen-bond donors (Lipinski definition) is 1. The van der Waals surface area contributed by atoms with Crippen LogP contribution in [0.2, 0.25) is 0 Å². The van der Waals surface area contributed by atoms with Gasteiger partial charge in [-0.05, 0) is 18.9 Å². The molecule has 0 aromatic heterocycles. The fraction of sp³-hybridized carbons (Fsp3) is 1.00. The van der Waals surface area contributed by atoms with E-state index in [0.717, 1.165) is 12.5 Å². The van der Waals surface area contributed by atoms with E-state index in [2.05, 4.69) is 18.9 Å². The monoisotopic (exact) mass is 143 g/mol. The van der Waals surface area contributed by atoms with Gasteiger partial charge in [0, 0.05) is 19.7 Å². The lowest BCUT2D eigenvalue weighted by atomic mass is 9.95. The van der Waals surface area contributed by atoms with Gasteiger partial charge in [0.15, 0.2) is 0 Å². The summed E-state index contributed by atoms with van der Waals surface area (Å²) in [7, 11) is 2.12. The molecule has 0 amide bonds. The molecule has 1 heterocycles. The van der Waals surface area contributed by atoms with Crippen LogP contribution in [-0.4, -0.2) is 36.8 Å². The zero-order valence-corrected chi connectivity index (χ0v) is 6.88. The molecule has 1 fully saturated rings. The van der Waals surface area contributed by atoms with Crippen molar-refractivity contribution >= 4 is 0 Å². The molecule has 0 aromatic rings. The molecule has 60 valence electrons. The van der Waals surface area contributed by atoms with E-state index < -0.39 is 0 Å². The van der Waals surface area contributed by atoms with Gasteiger partial charge in [-0.2, -0.15) is 0 Å². The normalized spacial score (nSPS) is 35.1. The molecular formula is C8H17NO. The van der Waals surface area contributed by atoms with E-state index >= 15 is 0 Å². The summed E-state index contributed by atoms with van der Waals surface area (Å²) in [5.41, 5.74) is 0. The second kappa shape index (κ2) is 3.35. The van der Waals surface area contributed by atoms with Crippen molar-refractivity contribution in [1.29, 1.82) is 0 Å². The van der Waals surface area contributed by atoms with Gasteiger partial charge in [-0.1, -0.05) is 13.3 Å². The molecule has 1 N–H and O–H groups in total. The average molecular weight is 143 g/mol. The summed E-state index contributed by atoms with van der Waals surface area (Å²) in [5.74, 6) is 1.27. The Morgan fingerprint density at radius 2 is 2.00 bits per heavy atom. The van der Waals surface area contributed by atoms with Gasteiger partial charge >= 0.3 is 0 Å². The van der Waals surface area contributed by atoms with Crippen molar-refractivity contribution in [2.24, 2.45) is 11.8 Å². The molecule has 2 heteroatoms. The lowest BCUT2D eigenvalue weighted by molar-refractivity contribution is 0.200. The standard InChI is InChI=1S/C8H17NO/c1-3-7-4-9(2)5-8(7)6-10/h7-8,10H,3-6H2,1-2H3/t7-,8?/m1/s1. The van der Waals surface area contributed by atoms with Crippen LogP contribution in [0.1, 0.15) is 13.3 Å². The predicted molar refractivity (Wildman–Crippen MR) is 41.9 cm³/mol. The van der Waals surface area contributed by atoms with E-state index in [-0.39, 0.29) is 0 Å². The van der Waals surface area contributed by atoms with Gasteiger partial charge in [-0.25, -0.2) is 0 Å². The molecule has 1 unspecified atom stereocenters. The third-order valence-corrected chi connectivity index (χ3v) is 2.52. The first-order chi connectivity index (χ1) is 4.77. The first-order valence-corrected chi connectivity index (χ1v) is 4.07. The quantitative estimate of drug-likeness (QED) is 0.611. The number of rotatable bonds is 2. The zero-order chi connectivity index (χ0) is 7.56. The number of hydrogen-bond acceptors (Lipinski definition) is 2. The maximum absolute atomic E-state index is 8.96. The molecule has 1 saturated heterocycles. The Bertz CT molecular complexity index is 93.4. The SMILES string of the molecule is CC[C@@H]1CN(C)CC1CO. The molecule has 2 atom stereocenters. The minimum absolute atomic E-state index is 0.364. The van der Waals surface area contributed by atoms with Crippen LogP contribution >= 0.6 is 0 Å². The Labute approximate surface area is 62.8 Å². The molecule has 0 radical (unpaired) electrons. The second-order valence-electron chi connectivity index (χ2n) is 3.33. The van der Waals surface area contributed by atoms with Crippen molar-refractivity contribution in [3.63, 3.8) is 0 Å². The van der Waals surface area contributed by atoms with Crippen LogP contribution in [0.3, 0.4) is 0 Å². The van der Waals surface area contributed by atoms with Gasteiger partial charge in [-0.15, -0.1) is 0 Å². The van der Waals surface area contributed by atoms with Crippen LogP contribution in [0.15, 0.2) is 0 Å². The molecule has 0 bridgehead atoms. The average Bonchev–Trinajstić information content (AvgIpc) is 2.30. The molecule has 1 aliphatic rings. The highest BCUT2D eigenvalue weighted by Gasteiger charge is 2.28. The highest BCUT2D eigenvalue weighted by molar-refractivity contribution is 4.80. The Kier molecular flexibility index (Phi) is 2.69. The third-order valence-electron chi connectivity index (χ3n) is 2.52. The predicted octanol–water partition coefficient (Wildman–Crippen LogP) is 0.567. The molecule has 0 saturated carbocycles. The Hall–Kier alpha value is -0.0800. The van der Waals surface area contributed by atoms with E-state index in [1.165, 1.54) is 13.0 Å². The Balaban J connectivity index is 2.41. The number of aliphatic hydroxyl groups is 1. The van der Waals surface area contributed by atoms with Crippen LogP contribution in [0.4, 0.5) is 0 Å². The lowest BCUT2D eigenvalue weighted by Crippen LogP contribution is -2.16. The zero-order valence-electron chi connectivity index (χ0n) is 6.88. The van der Waals surface area contributed by atoms with Crippen molar-refractivity contribution in [2.75, 3.05) is 26.7 Å². The summed E-state index contributed by atoms with van der Waals surface area (Å²) in [6, 6.07) is 0. The van der Waals surface area contributed by atoms with Gasteiger partial charge in [0.1, 0.15) is 0 Å². The van der Waals surface area contributed by atoms with Gasteiger partial charge in [-0.3, -0.25) is 0 Å². The lowest BCUT2D eigenvalue weighted by Gasteiger charge is -2.12. The van der Waals surface area contributed by atoms with Gasteiger partial charge < -0.3 is 10.0 Å². The summed E-state index contributed by atoms with van der Waals surface area (Å²) in [4.78, 5) is 2.30. The van der Waals surface area contributed by atoms with E-state index in [9.17, 15) is 0 Å². The van der Waals surface area contributed by atoms with Crippen molar-refractivity contribution in [3.05, 3.63) is 0 Å². The number of nitrogens with zero attached hydrogens (tertiary/aromatic N) is 1. The first-order valence-electron chi connectivity index (χ1n) is 4.07. The first kappa shape index (κ1) is 8.02. The highest BCUT2D eigenvalue weighted by atomic mass is 16.3. The summed E-state index contributed by atoms with van der Waals surface area (Å²) in [6.45, 7) is 4.81. The molecule has 0 spiro atoms. The summed E-state index contributed by atoms with van der Waals surface area (Å²) in [5, 5.41) is 8.96. The summed E-state index contributed by atoms with van der Waals surface area (Å²) < 4.78 is 0. The third kappa shape index (κ3) is 1.50. The Morgan fingerprint density at radius 1 is 1.40 bits per heavy atom. The van der Waals surface area contributed by atoms with E-state index in [0.29, 0.717) is 12.5 Å². The Morgan fingerprint density at radius 3 is 2.40 bits per heavy atom. The van der Waals surface area contributed by atoms with Crippen LogP contribution in [0, 0.1) is 11.8 Å². The fourth-order valence-corrected chi connectivity index (χ4v) is 1.84. The maximum atomic E-state index is 8.96. The van der Waals surface area contributed by atoms with E-state index in [1.807, 2.05) is 0 Å². The molecule has 1 aliphatic heterocycles. The van der Waals surface area contributed by atoms with Crippen molar-refractivity contribution in [3.8, 4) is 0 Å². The highest BCUT2D eigenvalue weighted by Crippen LogP contribution is 2.23. The van der Waals surface area contributed by atoms with Crippen molar-refractivity contribution in [1.82, 2.24) is 4.90 Å². The van der Waals surface area contributed by atoms with Crippen LogP contribution in [0.25, 0.3) is 0 Å². The van der Waals surface area contributed by atoms with Gasteiger partial charge in [0.05, 0.1) is 0 Å².